The summed E-state index contributed by atoms with van der Waals surface area (Å²) in [5, 5.41) is 20.9. The van der Waals surface area contributed by atoms with Gasteiger partial charge in [0, 0.05) is 22.9 Å². The number of hydrogen-bond donors (Lipinski definition) is 2. The smallest absolute Gasteiger partial charge is 0.139 e. The summed E-state index contributed by atoms with van der Waals surface area (Å²) in [6.07, 6.45) is 0. The summed E-state index contributed by atoms with van der Waals surface area (Å²) in [5.74, 6) is 0.250. The highest BCUT2D eigenvalue weighted by Gasteiger charge is 2.12. The van der Waals surface area contributed by atoms with E-state index in [1.54, 1.807) is 24.3 Å². The predicted molar refractivity (Wildman–Crippen MR) is 72.4 cm³/mol. The number of rotatable bonds is 0. The number of furan rings is 1. The summed E-state index contributed by atoms with van der Waals surface area (Å²) in [7, 11) is 0. The molecule has 0 aliphatic rings. The fourth-order valence-electron chi connectivity index (χ4n) is 1.79. The minimum Gasteiger partial charge on any atom is -0.507 e. The molecule has 0 saturated carbocycles. The maximum atomic E-state index is 9.59. The molecular weight excluding hydrogens is 352 g/mol. The number of phenolic OH excluding ortho intramolecular Hbond substituents is 2. The molecule has 17 heavy (non-hydrogen) atoms. The molecule has 3 rings (SSSR count). The molecule has 0 spiro atoms. The molecule has 0 aliphatic carbocycles. The van der Waals surface area contributed by atoms with Gasteiger partial charge in [0.1, 0.15) is 22.7 Å². The summed E-state index contributed by atoms with van der Waals surface area (Å²) in [6, 6.07) is 6.68. The second-order valence-corrected chi connectivity index (χ2v) is 5.41. The summed E-state index contributed by atoms with van der Waals surface area (Å²) < 4.78 is 6.78. The molecule has 1 heterocycles. The Kier molecular flexibility index (Phi) is 2.34. The van der Waals surface area contributed by atoms with Crippen molar-refractivity contribution in [2.24, 2.45) is 0 Å². The monoisotopic (exact) mass is 356 g/mol. The Bertz CT molecular complexity index is 684. The molecule has 1 aromatic heterocycles. The van der Waals surface area contributed by atoms with Crippen molar-refractivity contribution in [1.29, 1.82) is 0 Å². The van der Waals surface area contributed by atoms with Crippen molar-refractivity contribution in [3.8, 4) is 11.5 Å². The third-order valence-electron chi connectivity index (χ3n) is 2.61. The van der Waals surface area contributed by atoms with Crippen LogP contribution < -0.4 is 0 Å². The zero-order valence-electron chi connectivity index (χ0n) is 8.37. The first-order chi connectivity index (χ1) is 8.06. The van der Waals surface area contributed by atoms with Crippen LogP contribution >= 0.6 is 31.9 Å². The van der Waals surface area contributed by atoms with Crippen molar-refractivity contribution < 1.29 is 14.6 Å². The van der Waals surface area contributed by atoms with Crippen LogP contribution in [0.4, 0.5) is 0 Å². The zero-order valence-corrected chi connectivity index (χ0v) is 11.5. The van der Waals surface area contributed by atoms with Crippen molar-refractivity contribution >= 4 is 53.8 Å². The molecular formula is C12H6Br2O3. The van der Waals surface area contributed by atoms with Crippen LogP contribution in [-0.4, -0.2) is 10.2 Å². The van der Waals surface area contributed by atoms with Crippen molar-refractivity contribution in [2.45, 2.75) is 0 Å². The summed E-state index contributed by atoms with van der Waals surface area (Å²) in [6.45, 7) is 0. The van der Waals surface area contributed by atoms with E-state index in [1.807, 2.05) is 0 Å². The molecule has 0 aliphatic heterocycles. The lowest BCUT2D eigenvalue weighted by atomic mass is 10.1. The molecule has 3 aromatic rings. The first-order valence-corrected chi connectivity index (χ1v) is 6.38. The zero-order chi connectivity index (χ0) is 12.2. The average Bonchev–Trinajstić information content (AvgIpc) is 2.58. The van der Waals surface area contributed by atoms with E-state index in [9.17, 15) is 10.2 Å². The van der Waals surface area contributed by atoms with E-state index in [-0.39, 0.29) is 11.5 Å². The van der Waals surface area contributed by atoms with Gasteiger partial charge >= 0.3 is 0 Å². The lowest BCUT2D eigenvalue weighted by Gasteiger charge is -1.97. The van der Waals surface area contributed by atoms with Crippen LogP contribution in [0.1, 0.15) is 0 Å². The van der Waals surface area contributed by atoms with Gasteiger partial charge in [-0.25, -0.2) is 0 Å². The first kappa shape index (κ1) is 10.9. The highest BCUT2D eigenvalue weighted by molar-refractivity contribution is 9.11. The van der Waals surface area contributed by atoms with Gasteiger partial charge in [0.05, 0.1) is 8.95 Å². The van der Waals surface area contributed by atoms with Crippen molar-refractivity contribution in [3.63, 3.8) is 0 Å². The fraction of sp³-hybridized carbons (Fsp3) is 0. The van der Waals surface area contributed by atoms with Crippen LogP contribution in [0, 0.1) is 0 Å². The van der Waals surface area contributed by atoms with Crippen LogP contribution in [0.25, 0.3) is 21.9 Å². The van der Waals surface area contributed by atoms with Gasteiger partial charge in [0.25, 0.3) is 0 Å². The Balaban J connectivity index is 2.51. The number of halogens is 2. The topological polar surface area (TPSA) is 53.6 Å². The summed E-state index contributed by atoms with van der Waals surface area (Å²) >= 11 is 6.53. The van der Waals surface area contributed by atoms with E-state index in [0.717, 1.165) is 10.8 Å². The second-order valence-electron chi connectivity index (χ2n) is 3.70. The maximum Gasteiger partial charge on any atom is 0.139 e. The van der Waals surface area contributed by atoms with Crippen molar-refractivity contribution in [1.82, 2.24) is 0 Å². The highest BCUT2D eigenvalue weighted by Crippen LogP contribution is 2.39. The number of phenols is 2. The fourth-order valence-corrected chi connectivity index (χ4v) is 2.48. The molecule has 2 aromatic carbocycles. The Morgan fingerprint density at radius 3 is 1.59 bits per heavy atom. The lowest BCUT2D eigenvalue weighted by molar-refractivity contribution is 0.471. The van der Waals surface area contributed by atoms with E-state index in [0.29, 0.717) is 20.1 Å². The standard InChI is InChI=1S/C12H6Br2O3/c13-7-1-5-6-2-8(14)10(16)4-12(6)17-11(5)3-9(7)15/h1-4,15-16H. The summed E-state index contributed by atoms with van der Waals surface area (Å²) in [5.41, 5.74) is 1.16. The highest BCUT2D eigenvalue weighted by atomic mass is 79.9. The van der Waals surface area contributed by atoms with Gasteiger partial charge in [-0.3, -0.25) is 0 Å². The van der Waals surface area contributed by atoms with Crippen LogP contribution in [-0.2, 0) is 0 Å². The van der Waals surface area contributed by atoms with E-state index in [2.05, 4.69) is 31.9 Å². The molecule has 5 heteroatoms. The molecule has 86 valence electrons. The first-order valence-electron chi connectivity index (χ1n) is 4.79. The number of benzene rings is 2. The summed E-state index contributed by atoms with van der Waals surface area (Å²) in [4.78, 5) is 0. The van der Waals surface area contributed by atoms with E-state index in [4.69, 9.17) is 4.42 Å². The Morgan fingerprint density at radius 2 is 1.18 bits per heavy atom. The molecule has 0 radical (unpaired) electrons. The van der Waals surface area contributed by atoms with Gasteiger partial charge in [-0.05, 0) is 44.0 Å². The Hall–Kier alpha value is -1.20. The number of hydrogen-bond acceptors (Lipinski definition) is 3. The quantitative estimate of drug-likeness (QED) is 0.621. The maximum absolute atomic E-state index is 9.59. The SMILES string of the molecule is Oc1cc2oc3cc(O)c(Br)cc3c2cc1Br. The van der Waals surface area contributed by atoms with Gasteiger partial charge in [0.15, 0.2) is 0 Å². The van der Waals surface area contributed by atoms with Crippen LogP contribution in [0.2, 0.25) is 0 Å². The normalized spacial score (nSPS) is 11.4. The predicted octanol–water partition coefficient (Wildman–Crippen LogP) is 4.52. The molecule has 0 bridgehead atoms. The largest absolute Gasteiger partial charge is 0.507 e. The van der Waals surface area contributed by atoms with Crippen LogP contribution in [0.5, 0.6) is 11.5 Å². The van der Waals surface area contributed by atoms with Crippen molar-refractivity contribution in [2.75, 3.05) is 0 Å². The number of fused-ring (bicyclic) bond motifs is 3. The molecule has 0 atom stereocenters. The Morgan fingerprint density at radius 1 is 0.765 bits per heavy atom. The molecule has 0 unspecified atom stereocenters. The van der Waals surface area contributed by atoms with Crippen LogP contribution in [0.15, 0.2) is 37.6 Å². The van der Waals surface area contributed by atoms with Gasteiger partial charge in [-0.1, -0.05) is 0 Å². The van der Waals surface area contributed by atoms with Gasteiger partial charge in [0.2, 0.25) is 0 Å². The van der Waals surface area contributed by atoms with E-state index >= 15 is 0 Å². The average molecular weight is 358 g/mol. The molecule has 3 nitrogen and oxygen atoms in total. The third kappa shape index (κ3) is 1.61. The van der Waals surface area contributed by atoms with Gasteiger partial charge < -0.3 is 14.6 Å². The molecule has 0 saturated heterocycles. The molecule has 2 N–H and O–H groups in total. The second kappa shape index (κ2) is 3.65. The van der Waals surface area contributed by atoms with Crippen molar-refractivity contribution in [3.05, 3.63) is 33.2 Å². The minimum atomic E-state index is 0.125. The van der Waals surface area contributed by atoms with E-state index in [1.165, 1.54) is 0 Å². The van der Waals surface area contributed by atoms with E-state index < -0.39 is 0 Å². The Labute approximate surface area is 113 Å². The molecule has 0 fully saturated rings. The van der Waals surface area contributed by atoms with Gasteiger partial charge in [-0.15, -0.1) is 0 Å². The minimum absolute atomic E-state index is 0.125. The van der Waals surface area contributed by atoms with Crippen LogP contribution in [0.3, 0.4) is 0 Å². The molecule has 0 amide bonds. The van der Waals surface area contributed by atoms with Gasteiger partial charge in [-0.2, -0.15) is 0 Å². The number of aromatic hydroxyl groups is 2. The third-order valence-corrected chi connectivity index (χ3v) is 3.88. The lowest BCUT2D eigenvalue weighted by Crippen LogP contribution is -1.71.